The molecule has 1 N–H and O–H groups in total. The predicted octanol–water partition coefficient (Wildman–Crippen LogP) is 3.42. The van der Waals surface area contributed by atoms with Crippen molar-refractivity contribution in [2.45, 2.75) is 20.8 Å². The monoisotopic (exact) mass is 319 g/mol. The molecule has 1 amide bonds. The number of halogens is 1. The summed E-state index contributed by atoms with van der Waals surface area (Å²) < 4.78 is 1.01. The minimum Gasteiger partial charge on any atom is -0.322 e. The number of nitrogens with zero attached hydrogens (tertiary/aromatic N) is 2. The van der Waals surface area contributed by atoms with Crippen molar-refractivity contribution in [2.24, 2.45) is 0 Å². The van der Waals surface area contributed by atoms with Gasteiger partial charge in [-0.3, -0.25) is 4.79 Å². The number of hydrogen-bond donors (Lipinski definition) is 1. The van der Waals surface area contributed by atoms with Gasteiger partial charge in [-0.05, 0) is 44.5 Å². The molecule has 19 heavy (non-hydrogen) atoms. The lowest BCUT2D eigenvalue weighted by Gasteiger charge is -2.10. The molecule has 0 bridgehead atoms. The smallest absolute Gasteiger partial charge is 0.259 e. The van der Waals surface area contributed by atoms with Crippen molar-refractivity contribution in [3.63, 3.8) is 0 Å². The van der Waals surface area contributed by atoms with Gasteiger partial charge in [-0.1, -0.05) is 15.9 Å². The van der Waals surface area contributed by atoms with E-state index < -0.39 is 0 Å². The highest BCUT2D eigenvalue weighted by Gasteiger charge is 2.14. The molecule has 2 rings (SSSR count). The Kier molecular flexibility index (Phi) is 3.95. The Balaban J connectivity index is 2.28. The van der Waals surface area contributed by atoms with E-state index in [1.54, 1.807) is 13.8 Å². The molecule has 0 unspecified atom stereocenters. The molecule has 1 aromatic heterocycles. The summed E-state index contributed by atoms with van der Waals surface area (Å²) in [4.78, 5) is 20.4. The Morgan fingerprint density at radius 2 is 1.79 bits per heavy atom. The number of benzene rings is 1. The summed E-state index contributed by atoms with van der Waals surface area (Å²) in [7, 11) is 0. The highest BCUT2D eigenvalue weighted by atomic mass is 79.9. The van der Waals surface area contributed by atoms with Gasteiger partial charge in [0.15, 0.2) is 0 Å². The SMILES string of the molecule is Cc1cc(NC(=O)c2c(C)ncnc2C)ccc1Br. The summed E-state index contributed by atoms with van der Waals surface area (Å²) in [5.74, 6) is -0.183. The van der Waals surface area contributed by atoms with Crippen LogP contribution in [0.2, 0.25) is 0 Å². The van der Waals surface area contributed by atoms with Gasteiger partial charge in [-0.15, -0.1) is 0 Å². The van der Waals surface area contributed by atoms with Gasteiger partial charge in [0.2, 0.25) is 0 Å². The van der Waals surface area contributed by atoms with Crippen molar-refractivity contribution in [2.75, 3.05) is 5.32 Å². The molecule has 0 aliphatic rings. The fraction of sp³-hybridized carbons (Fsp3) is 0.214. The number of anilines is 1. The van der Waals surface area contributed by atoms with Gasteiger partial charge in [0.05, 0.1) is 17.0 Å². The summed E-state index contributed by atoms with van der Waals surface area (Å²) in [6.45, 7) is 5.58. The largest absolute Gasteiger partial charge is 0.322 e. The van der Waals surface area contributed by atoms with Crippen LogP contribution in [-0.4, -0.2) is 15.9 Å². The second kappa shape index (κ2) is 5.48. The van der Waals surface area contributed by atoms with Gasteiger partial charge < -0.3 is 5.32 Å². The zero-order valence-corrected chi connectivity index (χ0v) is 12.6. The molecule has 0 aliphatic carbocycles. The molecule has 98 valence electrons. The second-order valence-electron chi connectivity index (χ2n) is 4.34. The maximum Gasteiger partial charge on any atom is 0.259 e. The quantitative estimate of drug-likeness (QED) is 0.922. The molecule has 0 spiro atoms. The zero-order valence-electron chi connectivity index (χ0n) is 11.0. The van der Waals surface area contributed by atoms with Crippen molar-refractivity contribution >= 4 is 27.5 Å². The van der Waals surface area contributed by atoms with Crippen molar-refractivity contribution in [3.8, 4) is 0 Å². The summed E-state index contributed by atoms with van der Waals surface area (Å²) in [5.41, 5.74) is 3.71. The first-order chi connectivity index (χ1) is 8.99. The van der Waals surface area contributed by atoms with Gasteiger partial charge in [-0.2, -0.15) is 0 Å². The van der Waals surface area contributed by atoms with E-state index in [-0.39, 0.29) is 5.91 Å². The lowest BCUT2D eigenvalue weighted by molar-refractivity contribution is 0.102. The number of hydrogen-bond acceptors (Lipinski definition) is 3. The minimum atomic E-state index is -0.183. The number of carbonyl (C=O) groups is 1. The lowest BCUT2D eigenvalue weighted by Crippen LogP contribution is -2.16. The predicted molar refractivity (Wildman–Crippen MR) is 78.3 cm³/mol. The van der Waals surface area contributed by atoms with E-state index in [4.69, 9.17) is 0 Å². The first-order valence-corrected chi connectivity index (χ1v) is 6.64. The van der Waals surface area contributed by atoms with Crippen LogP contribution in [-0.2, 0) is 0 Å². The summed E-state index contributed by atoms with van der Waals surface area (Å²) in [6.07, 6.45) is 1.46. The zero-order chi connectivity index (χ0) is 14.0. The third kappa shape index (κ3) is 2.98. The Morgan fingerprint density at radius 3 is 2.37 bits per heavy atom. The second-order valence-corrected chi connectivity index (χ2v) is 5.19. The number of rotatable bonds is 2. The molecular weight excluding hydrogens is 306 g/mol. The normalized spacial score (nSPS) is 10.3. The maximum absolute atomic E-state index is 12.2. The van der Waals surface area contributed by atoms with Crippen LogP contribution in [0, 0.1) is 20.8 Å². The number of carbonyl (C=O) groups excluding carboxylic acids is 1. The average Bonchev–Trinajstić information content (AvgIpc) is 2.33. The van der Waals surface area contributed by atoms with E-state index in [9.17, 15) is 4.79 Å². The Bertz CT molecular complexity index is 620. The fourth-order valence-electron chi connectivity index (χ4n) is 1.84. The lowest BCUT2D eigenvalue weighted by atomic mass is 10.1. The van der Waals surface area contributed by atoms with Crippen LogP contribution in [0.5, 0.6) is 0 Å². The highest BCUT2D eigenvalue weighted by molar-refractivity contribution is 9.10. The minimum absolute atomic E-state index is 0.183. The Hall–Kier alpha value is -1.75. The Morgan fingerprint density at radius 1 is 1.16 bits per heavy atom. The van der Waals surface area contributed by atoms with Gasteiger partial charge in [0, 0.05) is 10.2 Å². The van der Waals surface area contributed by atoms with E-state index in [0.717, 1.165) is 15.7 Å². The van der Waals surface area contributed by atoms with Gasteiger partial charge in [0.1, 0.15) is 6.33 Å². The molecule has 0 radical (unpaired) electrons. The molecule has 4 nitrogen and oxygen atoms in total. The molecule has 5 heteroatoms. The van der Waals surface area contributed by atoms with Crippen LogP contribution in [0.1, 0.15) is 27.3 Å². The molecule has 0 aliphatic heterocycles. The third-order valence-electron chi connectivity index (χ3n) is 2.87. The van der Waals surface area contributed by atoms with Crippen LogP contribution in [0.15, 0.2) is 29.0 Å². The number of aromatic nitrogens is 2. The molecule has 2 aromatic rings. The number of amides is 1. The van der Waals surface area contributed by atoms with Crippen LogP contribution in [0.25, 0.3) is 0 Å². The molecule has 0 saturated heterocycles. The van der Waals surface area contributed by atoms with Gasteiger partial charge in [-0.25, -0.2) is 9.97 Å². The topological polar surface area (TPSA) is 54.9 Å². The van der Waals surface area contributed by atoms with Crippen LogP contribution < -0.4 is 5.32 Å². The standard InChI is InChI=1S/C14H14BrN3O/c1-8-6-11(4-5-12(8)15)18-14(19)13-9(2)16-7-17-10(13)3/h4-7H,1-3H3,(H,18,19). The van der Waals surface area contributed by atoms with Crippen LogP contribution in [0.4, 0.5) is 5.69 Å². The first kappa shape index (κ1) is 13.7. The molecule has 1 heterocycles. The van der Waals surface area contributed by atoms with E-state index in [2.05, 4.69) is 31.2 Å². The van der Waals surface area contributed by atoms with Crippen molar-refractivity contribution in [1.82, 2.24) is 9.97 Å². The summed E-state index contributed by atoms with van der Waals surface area (Å²) >= 11 is 3.43. The van der Waals surface area contributed by atoms with Crippen LogP contribution in [0.3, 0.4) is 0 Å². The summed E-state index contributed by atoms with van der Waals surface area (Å²) in [6, 6.07) is 5.67. The van der Waals surface area contributed by atoms with E-state index in [1.807, 2.05) is 25.1 Å². The van der Waals surface area contributed by atoms with Crippen LogP contribution >= 0.6 is 15.9 Å². The third-order valence-corrected chi connectivity index (χ3v) is 3.76. The van der Waals surface area contributed by atoms with E-state index in [0.29, 0.717) is 17.0 Å². The van der Waals surface area contributed by atoms with Crippen molar-refractivity contribution in [3.05, 3.63) is 51.5 Å². The first-order valence-electron chi connectivity index (χ1n) is 5.84. The van der Waals surface area contributed by atoms with E-state index in [1.165, 1.54) is 6.33 Å². The van der Waals surface area contributed by atoms with Crippen molar-refractivity contribution in [1.29, 1.82) is 0 Å². The average molecular weight is 320 g/mol. The molecule has 0 saturated carbocycles. The van der Waals surface area contributed by atoms with Crippen molar-refractivity contribution < 1.29 is 4.79 Å². The number of nitrogens with one attached hydrogen (secondary N) is 1. The fourth-order valence-corrected chi connectivity index (χ4v) is 2.08. The highest BCUT2D eigenvalue weighted by Crippen LogP contribution is 2.21. The molecule has 0 atom stereocenters. The maximum atomic E-state index is 12.2. The van der Waals surface area contributed by atoms with Gasteiger partial charge in [0.25, 0.3) is 5.91 Å². The van der Waals surface area contributed by atoms with Gasteiger partial charge >= 0.3 is 0 Å². The molecular formula is C14H14BrN3O. The van der Waals surface area contributed by atoms with E-state index >= 15 is 0 Å². The molecule has 0 fully saturated rings. The Labute approximate surface area is 120 Å². The summed E-state index contributed by atoms with van der Waals surface area (Å²) in [5, 5.41) is 2.87. The molecule has 1 aromatic carbocycles. The number of aryl methyl sites for hydroxylation is 3.